The van der Waals surface area contributed by atoms with E-state index in [2.05, 4.69) is 11.2 Å². The van der Waals surface area contributed by atoms with Gasteiger partial charge in [-0.3, -0.25) is 4.79 Å². The van der Waals surface area contributed by atoms with Crippen LogP contribution in [0.1, 0.15) is 11.1 Å². The van der Waals surface area contributed by atoms with Crippen molar-refractivity contribution in [3.8, 4) is 12.3 Å². The Morgan fingerprint density at radius 1 is 1.33 bits per heavy atom. The summed E-state index contributed by atoms with van der Waals surface area (Å²) in [4.78, 5) is 10.5. The van der Waals surface area contributed by atoms with E-state index in [1.165, 1.54) is 0 Å². The van der Waals surface area contributed by atoms with E-state index in [0.717, 1.165) is 35.7 Å². The summed E-state index contributed by atoms with van der Waals surface area (Å²) in [6.07, 6.45) is 5.23. The maximum absolute atomic E-state index is 10.5. The lowest BCUT2D eigenvalue weighted by atomic mass is 10.1. The first-order chi connectivity index (χ1) is 8.72. The smallest absolute Gasteiger partial charge is 0.307 e. The van der Waals surface area contributed by atoms with Gasteiger partial charge in [-0.15, -0.1) is 18.2 Å². The molecular formula is C14H17NO2S. The molecule has 1 aromatic rings. The van der Waals surface area contributed by atoms with Gasteiger partial charge in [-0.25, -0.2) is 0 Å². The van der Waals surface area contributed by atoms with E-state index in [0.29, 0.717) is 0 Å². The average Bonchev–Trinajstić information content (AvgIpc) is 2.35. The monoisotopic (exact) mass is 263 g/mol. The second-order valence-electron chi connectivity index (χ2n) is 3.82. The Kier molecular flexibility index (Phi) is 7.00. The van der Waals surface area contributed by atoms with E-state index in [9.17, 15) is 4.79 Å². The molecule has 18 heavy (non-hydrogen) atoms. The Morgan fingerprint density at radius 3 is 2.61 bits per heavy atom. The molecule has 0 aliphatic carbocycles. The maximum atomic E-state index is 10.5. The normalized spacial score (nSPS) is 9.94. The van der Waals surface area contributed by atoms with Crippen molar-refractivity contribution < 1.29 is 9.90 Å². The van der Waals surface area contributed by atoms with Gasteiger partial charge in [-0.1, -0.05) is 30.2 Å². The van der Waals surface area contributed by atoms with Crippen LogP contribution in [-0.2, 0) is 17.8 Å². The van der Waals surface area contributed by atoms with E-state index in [-0.39, 0.29) is 6.42 Å². The van der Waals surface area contributed by atoms with Gasteiger partial charge in [0.15, 0.2) is 0 Å². The average molecular weight is 263 g/mol. The quantitative estimate of drug-likeness (QED) is 0.554. The lowest BCUT2D eigenvalue weighted by molar-refractivity contribution is -0.136. The molecule has 0 aliphatic heterocycles. The molecule has 4 heteroatoms. The SMILES string of the molecule is C#CCSCCNCc1ccc(CC(=O)O)cc1. The number of terminal acetylenes is 1. The van der Waals surface area contributed by atoms with Crippen molar-refractivity contribution in [3.63, 3.8) is 0 Å². The molecule has 0 saturated heterocycles. The Bertz CT molecular complexity index is 409. The molecule has 0 aliphatic rings. The number of benzene rings is 1. The summed E-state index contributed by atoms with van der Waals surface area (Å²) in [6, 6.07) is 7.64. The number of carboxylic acid groups (broad SMARTS) is 1. The van der Waals surface area contributed by atoms with E-state index < -0.39 is 5.97 Å². The Morgan fingerprint density at radius 2 is 2.00 bits per heavy atom. The van der Waals surface area contributed by atoms with Crippen LogP contribution in [-0.4, -0.2) is 29.1 Å². The summed E-state index contributed by atoms with van der Waals surface area (Å²) in [5.41, 5.74) is 1.99. The van der Waals surface area contributed by atoms with Crippen molar-refractivity contribution in [3.05, 3.63) is 35.4 Å². The van der Waals surface area contributed by atoms with Crippen molar-refractivity contribution in [1.29, 1.82) is 0 Å². The van der Waals surface area contributed by atoms with Crippen LogP contribution in [0.2, 0.25) is 0 Å². The number of nitrogens with one attached hydrogen (secondary N) is 1. The van der Waals surface area contributed by atoms with Crippen LogP contribution in [0, 0.1) is 12.3 Å². The molecule has 0 bridgehead atoms. The molecule has 3 nitrogen and oxygen atoms in total. The van der Waals surface area contributed by atoms with E-state index in [1.807, 2.05) is 24.3 Å². The molecule has 1 aromatic carbocycles. The summed E-state index contributed by atoms with van der Waals surface area (Å²) in [5, 5.41) is 12.0. The number of carbonyl (C=O) groups is 1. The van der Waals surface area contributed by atoms with Crippen LogP contribution in [0.3, 0.4) is 0 Å². The molecule has 1 rings (SSSR count). The number of hydrogen-bond acceptors (Lipinski definition) is 3. The lowest BCUT2D eigenvalue weighted by Gasteiger charge is -2.05. The molecule has 0 unspecified atom stereocenters. The first-order valence-electron chi connectivity index (χ1n) is 5.74. The van der Waals surface area contributed by atoms with E-state index >= 15 is 0 Å². The summed E-state index contributed by atoms with van der Waals surface area (Å²) in [5.74, 6) is 3.54. The molecule has 96 valence electrons. The first-order valence-corrected chi connectivity index (χ1v) is 6.89. The third kappa shape index (κ3) is 6.33. The van der Waals surface area contributed by atoms with Gasteiger partial charge >= 0.3 is 5.97 Å². The predicted octanol–water partition coefficient (Wildman–Crippen LogP) is 1.77. The van der Waals surface area contributed by atoms with Gasteiger partial charge in [0.2, 0.25) is 0 Å². The fraction of sp³-hybridized carbons (Fsp3) is 0.357. The maximum Gasteiger partial charge on any atom is 0.307 e. The zero-order valence-electron chi connectivity index (χ0n) is 10.2. The van der Waals surface area contributed by atoms with Crippen molar-refractivity contribution in [2.45, 2.75) is 13.0 Å². The standard InChI is InChI=1S/C14H17NO2S/c1-2-8-18-9-7-15-11-13-5-3-12(4-6-13)10-14(16)17/h1,3-6,15H,7-11H2,(H,16,17). The minimum Gasteiger partial charge on any atom is -0.481 e. The highest BCUT2D eigenvalue weighted by atomic mass is 32.2. The number of hydrogen-bond donors (Lipinski definition) is 2. The summed E-state index contributed by atoms with van der Waals surface area (Å²) < 4.78 is 0. The van der Waals surface area contributed by atoms with Gasteiger partial charge in [0.1, 0.15) is 0 Å². The van der Waals surface area contributed by atoms with Crippen LogP contribution in [0.15, 0.2) is 24.3 Å². The molecule has 0 aromatic heterocycles. The van der Waals surface area contributed by atoms with Crippen LogP contribution < -0.4 is 5.32 Å². The number of thioether (sulfide) groups is 1. The summed E-state index contributed by atoms with van der Waals surface area (Å²) in [7, 11) is 0. The van der Waals surface area contributed by atoms with Gasteiger partial charge in [-0.05, 0) is 11.1 Å². The Hall–Kier alpha value is -1.44. The van der Waals surface area contributed by atoms with Gasteiger partial charge in [0, 0.05) is 18.8 Å². The number of rotatable bonds is 8. The molecule has 0 radical (unpaired) electrons. The van der Waals surface area contributed by atoms with Crippen molar-refractivity contribution >= 4 is 17.7 Å². The second kappa shape index (κ2) is 8.62. The number of carboxylic acids is 1. The van der Waals surface area contributed by atoms with Crippen LogP contribution in [0.25, 0.3) is 0 Å². The highest BCUT2D eigenvalue weighted by molar-refractivity contribution is 7.99. The minimum absolute atomic E-state index is 0.0798. The van der Waals surface area contributed by atoms with Crippen molar-refractivity contribution in [1.82, 2.24) is 5.32 Å². The Balaban J connectivity index is 2.23. The molecule has 0 amide bonds. The predicted molar refractivity (Wildman–Crippen MR) is 75.6 cm³/mol. The zero-order chi connectivity index (χ0) is 13.2. The van der Waals surface area contributed by atoms with Crippen LogP contribution in [0.5, 0.6) is 0 Å². The van der Waals surface area contributed by atoms with Crippen molar-refractivity contribution in [2.24, 2.45) is 0 Å². The third-order valence-corrected chi connectivity index (χ3v) is 3.18. The fourth-order valence-corrected chi connectivity index (χ4v) is 2.01. The molecule has 0 spiro atoms. The molecule has 0 saturated carbocycles. The minimum atomic E-state index is -0.800. The summed E-state index contributed by atoms with van der Waals surface area (Å²) >= 11 is 1.73. The van der Waals surface area contributed by atoms with E-state index in [1.54, 1.807) is 11.8 Å². The van der Waals surface area contributed by atoms with Gasteiger partial charge < -0.3 is 10.4 Å². The highest BCUT2D eigenvalue weighted by Crippen LogP contribution is 2.05. The fourth-order valence-electron chi connectivity index (χ4n) is 1.46. The molecule has 0 fully saturated rings. The topological polar surface area (TPSA) is 49.3 Å². The Labute approximate surface area is 112 Å². The molecule has 2 N–H and O–H groups in total. The van der Waals surface area contributed by atoms with Gasteiger partial charge in [-0.2, -0.15) is 0 Å². The van der Waals surface area contributed by atoms with E-state index in [4.69, 9.17) is 11.5 Å². The largest absolute Gasteiger partial charge is 0.481 e. The van der Waals surface area contributed by atoms with Crippen LogP contribution in [0.4, 0.5) is 0 Å². The first kappa shape index (κ1) is 14.6. The molecule has 0 heterocycles. The third-order valence-electron chi connectivity index (χ3n) is 2.32. The summed E-state index contributed by atoms with van der Waals surface area (Å²) in [6.45, 7) is 1.72. The molecule has 0 atom stereocenters. The van der Waals surface area contributed by atoms with Gasteiger partial charge in [0.25, 0.3) is 0 Å². The number of aliphatic carboxylic acids is 1. The van der Waals surface area contributed by atoms with Crippen LogP contribution >= 0.6 is 11.8 Å². The van der Waals surface area contributed by atoms with Gasteiger partial charge in [0.05, 0.1) is 12.2 Å². The lowest BCUT2D eigenvalue weighted by Crippen LogP contribution is -2.16. The zero-order valence-corrected chi connectivity index (χ0v) is 11.0. The second-order valence-corrected chi connectivity index (χ2v) is 4.93. The molecular weight excluding hydrogens is 246 g/mol. The van der Waals surface area contributed by atoms with Crippen molar-refractivity contribution in [2.75, 3.05) is 18.1 Å². The highest BCUT2D eigenvalue weighted by Gasteiger charge is 2.00.